The zero-order valence-corrected chi connectivity index (χ0v) is 18.7. The van der Waals surface area contributed by atoms with Gasteiger partial charge in [0.15, 0.2) is 5.65 Å². The van der Waals surface area contributed by atoms with Crippen LogP contribution in [0.5, 0.6) is 5.75 Å². The highest BCUT2D eigenvalue weighted by atomic mass is 16.6. The van der Waals surface area contributed by atoms with Crippen LogP contribution in [0.25, 0.3) is 16.8 Å². The van der Waals surface area contributed by atoms with Crippen LogP contribution in [0.3, 0.4) is 0 Å². The minimum atomic E-state index is 0.504. The molecule has 1 aliphatic heterocycles. The van der Waals surface area contributed by atoms with Gasteiger partial charge in [-0.25, -0.2) is 4.98 Å². The van der Waals surface area contributed by atoms with Gasteiger partial charge in [0.1, 0.15) is 11.6 Å². The number of rotatable bonds is 8. The number of ether oxygens (including phenoxy) is 2. The van der Waals surface area contributed by atoms with Crippen molar-refractivity contribution in [2.75, 3.05) is 25.7 Å². The summed E-state index contributed by atoms with van der Waals surface area (Å²) in [6.07, 6.45) is 4.71. The van der Waals surface area contributed by atoms with Crippen LogP contribution in [0.15, 0.2) is 30.6 Å². The van der Waals surface area contributed by atoms with E-state index in [-0.39, 0.29) is 0 Å². The summed E-state index contributed by atoms with van der Waals surface area (Å²) in [6.45, 7) is 8.12. The third-order valence-electron chi connectivity index (χ3n) is 5.46. The topological polar surface area (TPSA) is 73.2 Å². The second kappa shape index (κ2) is 8.95. The van der Waals surface area contributed by atoms with Gasteiger partial charge in [-0.3, -0.25) is 10.3 Å². The molecule has 164 valence electrons. The molecule has 1 N–H and O–H groups in total. The van der Waals surface area contributed by atoms with E-state index in [1.165, 1.54) is 0 Å². The molecule has 0 aliphatic carbocycles. The van der Waals surface area contributed by atoms with Gasteiger partial charge in [-0.2, -0.15) is 9.61 Å². The second-order valence-electron chi connectivity index (χ2n) is 7.56. The van der Waals surface area contributed by atoms with Crippen molar-refractivity contribution in [3.05, 3.63) is 53.1 Å². The molecule has 8 heteroatoms. The number of aryl methyl sites for hydroxylation is 2. The molecule has 31 heavy (non-hydrogen) atoms. The molecule has 0 bridgehead atoms. The Morgan fingerprint density at radius 3 is 2.81 bits per heavy atom. The van der Waals surface area contributed by atoms with E-state index in [9.17, 15) is 0 Å². The first-order valence-corrected chi connectivity index (χ1v) is 10.4. The van der Waals surface area contributed by atoms with Crippen molar-refractivity contribution < 1.29 is 14.3 Å². The molecule has 0 spiro atoms. The normalized spacial score (nSPS) is 13.2. The van der Waals surface area contributed by atoms with Crippen molar-refractivity contribution in [2.45, 2.75) is 40.4 Å². The summed E-state index contributed by atoms with van der Waals surface area (Å²) in [5.74, 6) is 1.82. The van der Waals surface area contributed by atoms with Gasteiger partial charge in [0.2, 0.25) is 0 Å². The molecule has 0 unspecified atom stereocenters. The van der Waals surface area contributed by atoms with Crippen LogP contribution in [0.1, 0.15) is 35.9 Å². The van der Waals surface area contributed by atoms with Gasteiger partial charge < -0.3 is 14.4 Å². The number of methoxy groups -OCH3 is 1. The number of hydrogen-bond donors (Lipinski definition) is 1. The minimum absolute atomic E-state index is 0.504. The highest BCUT2D eigenvalue weighted by Crippen LogP contribution is 2.37. The highest BCUT2D eigenvalue weighted by molar-refractivity contribution is 5.83. The van der Waals surface area contributed by atoms with E-state index < -0.39 is 0 Å². The van der Waals surface area contributed by atoms with Gasteiger partial charge in [-0.15, -0.1) is 0 Å². The van der Waals surface area contributed by atoms with Crippen molar-refractivity contribution in [3.8, 4) is 16.9 Å². The van der Waals surface area contributed by atoms with Crippen LogP contribution in [0.2, 0.25) is 0 Å². The fourth-order valence-electron chi connectivity index (χ4n) is 4.07. The highest BCUT2D eigenvalue weighted by Gasteiger charge is 2.27. The van der Waals surface area contributed by atoms with Crippen molar-refractivity contribution in [1.29, 1.82) is 0 Å². The zero-order chi connectivity index (χ0) is 22.0. The number of fused-ring (bicyclic) bond motifs is 2. The maximum atomic E-state index is 5.77. The SMILES string of the molecule is CCCN(C=CNOC)c1c2c(nc3c(-c4ccc(OC)cc4C)c(C)nn13)COC2. The van der Waals surface area contributed by atoms with E-state index in [1.807, 2.05) is 29.8 Å². The summed E-state index contributed by atoms with van der Waals surface area (Å²) in [4.78, 5) is 12.1. The van der Waals surface area contributed by atoms with Crippen molar-refractivity contribution in [2.24, 2.45) is 0 Å². The first-order valence-electron chi connectivity index (χ1n) is 10.4. The summed E-state index contributed by atoms with van der Waals surface area (Å²) in [5, 5.41) is 4.92. The Hall–Kier alpha value is -3.10. The summed E-state index contributed by atoms with van der Waals surface area (Å²) in [5.41, 5.74) is 9.83. The van der Waals surface area contributed by atoms with Gasteiger partial charge in [0.05, 0.1) is 38.8 Å². The second-order valence-corrected chi connectivity index (χ2v) is 7.56. The molecule has 0 fully saturated rings. The smallest absolute Gasteiger partial charge is 0.165 e. The maximum absolute atomic E-state index is 5.77. The summed E-state index contributed by atoms with van der Waals surface area (Å²) >= 11 is 0. The molecule has 1 aromatic carbocycles. The first-order chi connectivity index (χ1) is 15.1. The quantitative estimate of drug-likeness (QED) is 0.551. The Balaban J connectivity index is 1.95. The Bertz CT molecular complexity index is 1120. The zero-order valence-electron chi connectivity index (χ0n) is 18.7. The Morgan fingerprint density at radius 2 is 2.10 bits per heavy atom. The van der Waals surface area contributed by atoms with Crippen LogP contribution in [-0.2, 0) is 22.8 Å². The fourth-order valence-corrected chi connectivity index (χ4v) is 4.07. The average molecular weight is 424 g/mol. The molecule has 0 atom stereocenters. The molecule has 0 saturated carbocycles. The first kappa shape index (κ1) is 21.1. The van der Waals surface area contributed by atoms with Crippen molar-refractivity contribution in [1.82, 2.24) is 20.1 Å². The predicted molar refractivity (Wildman–Crippen MR) is 120 cm³/mol. The third kappa shape index (κ3) is 3.84. The lowest BCUT2D eigenvalue weighted by atomic mass is 10.0. The number of aromatic nitrogens is 3. The van der Waals surface area contributed by atoms with Gasteiger partial charge in [0.25, 0.3) is 0 Å². The maximum Gasteiger partial charge on any atom is 0.165 e. The summed E-state index contributed by atoms with van der Waals surface area (Å²) in [6, 6.07) is 6.10. The lowest BCUT2D eigenvalue weighted by molar-refractivity contribution is 0.128. The monoisotopic (exact) mass is 423 g/mol. The molecule has 0 amide bonds. The minimum Gasteiger partial charge on any atom is -0.497 e. The molecule has 3 aromatic rings. The van der Waals surface area contributed by atoms with Gasteiger partial charge in [0, 0.05) is 30.1 Å². The van der Waals surface area contributed by atoms with Crippen LogP contribution in [0.4, 0.5) is 5.82 Å². The van der Waals surface area contributed by atoms with Crippen LogP contribution in [0, 0.1) is 13.8 Å². The fraction of sp³-hybridized carbons (Fsp3) is 0.391. The molecule has 0 saturated heterocycles. The molecule has 3 heterocycles. The largest absolute Gasteiger partial charge is 0.497 e. The van der Waals surface area contributed by atoms with Crippen LogP contribution < -0.4 is 15.1 Å². The molecule has 1 aliphatic rings. The van der Waals surface area contributed by atoms with Crippen LogP contribution >= 0.6 is 0 Å². The van der Waals surface area contributed by atoms with E-state index in [0.29, 0.717) is 13.2 Å². The lowest BCUT2D eigenvalue weighted by Gasteiger charge is -2.23. The van der Waals surface area contributed by atoms with Crippen molar-refractivity contribution >= 4 is 11.5 Å². The Kier molecular flexibility index (Phi) is 6.11. The van der Waals surface area contributed by atoms with Gasteiger partial charge in [-0.05, 0) is 43.5 Å². The van der Waals surface area contributed by atoms with Gasteiger partial charge >= 0.3 is 0 Å². The standard InChI is InChI=1S/C23H29N5O3/c1-6-10-27(11-9-24-30-5)23-19-13-31-14-20(19)25-22-21(16(3)26-28(22)23)18-8-7-17(29-4)12-15(18)2/h7-9,11-12,24H,6,10,13-14H2,1-5H3. The van der Waals surface area contributed by atoms with E-state index in [4.69, 9.17) is 24.4 Å². The number of benzene rings is 1. The number of nitrogens with one attached hydrogen (secondary N) is 1. The third-order valence-corrected chi connectivity index (χ3v) is 5.46. The molecule has 2 aromatic heterocycles. The molecule has 0 radical (unpaired) electrons. The number of nitrogens with zero attached hydrogens (tertiary/aromatic N) is 4. The lowest BCUT2D eigenvalue weighted by Crippen LogP contribution is -2.23. The van der Waals surface area contributed by atoms with E-state index in [1.54, 1.807) is 20.4 Å². The molecular weight excluding hydrogens is 394 g/mol. The number of anilines is 1. The Labute approximate surface area is 182 Å². The van der Waals surface area contributed by atoms with E-state index in [0.717, 1.165) is 63.8 Å². The van der Waals surface area contributed by atoms with Crippen LogP contribution in [-0.4, -0.2) is 35.4 Å². The summed E-state index contributed by atoms with van der Waals surface area (Å²) < 4.78 is 13.1. The van der Waals surface area contributed by atoms with E-state index >= 15 is 0 Å². The number of hydrogen-bond acceptors (Lipinski definition) is 7. The predicted octanol–water partition coefficient (Wildman–Crippen LogP) is 3.89. The summed E-state index contributed by atoms with van der Waals surface area (Å²) in [7, 11) is 3.27. The van der Waals surface area contributed by atoms with Gasteiger partial charge in [-0.1, -0.05) is 13.0 Å². The molecular formula is C23H29N5O3. The number of hydroxylamine groups is 1. The average Bonchev–Trinajstić information content (AvgIpc) is 3.35. The van der Waals surface area contributed by atoms with E-state index in [2.05, 4.69) is 30.3 Å². The molecule has 4 rings (SSSR count). The van der Waals surface area contributed by atoms with Crippen molar-refractivity contribution in [3.63, 3.8) is 0 Å². The molecule has 8 nitrogen and oxygen atoms in total. The Morgan fingerprint density at radius 1 is 1.26 bits per heavy atom.